The zero-order valence-electron chi connectivity index (χ0n) is 7.67. The maximum atomic E-state index is 11.3. The number of aromatic nitrogens is 2. The summed E-state index contributed by atoms with van der Waals surface area (Å²) in [5.74, 6) is 0.343. The molecular formula is C8H10BrClN2O2. The molecule has 14 heavy (non-hydrogen) atoms. The summed E-state index contributed by atoms with van der Waals surface area (Å²) >= 11 is 9.04. The van der Waals surface area contributed by atoms with E-state index in [4.69, 9.17) is 16.3 Å². The molecule has 0 fully saturated rings. The van der Waals surface area contributed by atoms with Crippen LogP contribution in [-0.2, 0) is 7.05 Å². The summed E-state index contributed by atoms with van der Waals surface area (Å²) in [6.07, 6.45) is 2.30. The van der Waals surface area contributed by atoms with Crippen molar-refractivity contribution in [2.75, 3.05) is 11.9 Å². The zero-order chi connectivity index (χ0) is 10.6. The average Bonchev–Trinajstić information content (AvgIpc) is 2.18. The maximum absolute atomic E-state index is 11.3. The van der Waals surface area contributed by atoms with Crippen LogP contribution in [0, 0.1) is 0 Å². The predicted molar refractivity (Wildman–Crippen MR) is 58.4 cm³/mol. The second kappa shape index (κ2) is 5.36. The Labute approximate surface area is 95.0 Å². The highest BCUT2D eigenvalue weighted by Gasteiger charge is 2.07. The van der Waals surface area contributed by atoms with Crippen LogP contribution >= 0.6 is 27.5 Å². The molecule has 0 aromatic carbocycles. The molecule has 0 amide bonds. The second-order valence-electron chi connectivity index (χ2n) is 2.64. The number of ether oxygens (including phenoxy) is 1. The molecule has 0 N–H and O–H groups in total. The van der Waals surface area contributed by atoms with Gasteiger partial charge < -0.3 is 4.74 Å². The fourth-order valence-electron chi connectivity index (χ4n) is 0.833. The number of rotatable bonds is 4. The number of hydrogen-bond donors (Lipinski definition) is 0. The Balaban J connectivity index is 2.79. The van der Waals surface area contributed by atoms with Gasteiger partial charge in [0.1, 0.15) is 0 Å². The predicted octanol–water partition coefficient (Wildman–Crippen LogP) is 1.60. The molecule has 0 unspecified atom stereocenters. The van der Waals surface area contributed by atoms with Gasteiger partial charge in [-0.1, -0.05) is 27.5 Å². The van der Waals surface area contributed by atoms with E-state index >= 15 is 0 Å². The first-order valence-corrected chi connectivity index (χ1v) is 5.57. The minimum absolute atomic E-state index is 0.0806. The summed E-state index contributed by atoms with van der Waals surface area (Å²) in [6.45, 7) is 0.514. The Bertz CT molecular complexity index is 367. The molecular weight excluding hydrogens is 271 g/mol. The van der Waals surface area contributed by atoms with Gasteiger partial charge in [0.25, 0.3) is 5.56 Å². The van der Waals surface area contributed by atoms with Crippen molar-refractivity contribution in [3.05, 3.63) is 21.6 Å². The molecule has 1 aromatic heterocycles. The van der Waals surface area contributed by atoms with Gasteiger partial charge in [-0.15, -0.1) is 0 Å². The van der Waals surface area contributed by atoms with Crippen LogP contribution in [-0.4, -0.2) is 21.7 Å². The van der Waals surface area contributed by atoms with Gasteiger partial charge in [-0.2, -0.15) is 5.10 Å². The van der Waals surface area contributed by atoms with Gasteiger partial charge in [0.15, 0.2) is 10.8 Å². The van der Waals surface area contributed by atoms with Gasteiger partial charge in [0.05, 0.1) is 12.8 Å². The lowest BCUT2D eigenvalue weighted by Gasteiger charge is -2.06. The van der Waals surface area contributed by atoms with Gasteiger partial charge in [0.2, 0.25) is 0 Å². The normalized spacial score (nSPS) is 10.2. The smallest absolute Gasteiger partial charge is 0.289 e. The number of halogens is 2. The molecule has 1 aromatic rings. The van der Waals surface area contributed by atoms with Crippen LogP contribution in [0.15, 0.2) is 11.0 Å². The summed E-state index contributed by atoms with van der Waals surface area (Å²) < 4.78 is 6.44. The molecule has 0 atom stereocenters. The van der Waals surface area contributed by atoms with E-state index in [1.165, 1.54) is 17.9 Å². The van der Waals surface area contributed by atoms with Crippen LogP contribution in [0.1, 0.15) is 6.42 Å². The molecule has 4 nitrogen and oxygen atoms in total. The third kappa shape index (κ3) is 2.72. The van der Waals surface area contributed by atoms with Crippen molar-refractivity contribution < 1.29 is 4.74 Å². The third-order valence-electron chi connectivity index (χ3n) is 1.58. The lowest BCUT2D eigenvalue weighted by Crippen LogP contribution is -2.20. The standard InChI is InChI=1S/C8H10BrClN2O2/c1-12-8(13)7(10)6(5-11-12)14-4-2-3-9/h5H,2-4H2,1H3. The number of alkyl halides is 1. The van der Waals surface area contributed by atoms with Crippen LogP contribution in [0.5, 0.6) is 5.75 Å². The summed E-state index contributed by atoms with van der Waals surface area (Å²) in [6, 6.07) is 0. The molecule has 0 radical (unpaired) electrons. The molecule has 6 heteroatoms. The van der Waals surface area contributed by atoms with E-state index in [1.807, 2.05) is 0 Å². The Morgan fingerprint density at radius 3 is 3.07 bits per heavy atom. The molecule has 0 aliphatic heterocycles. The first-order valence-electron chi connectivity index (χ1n) is 4.07. The monoisotopic (exact) mass is 280 g/mol. The second-order valence-corrected chi connectivity index (χ2v) is 3.81. The Kier molecular flexibility index (Phi) is 4.41. The van der Waals surface area contributed by atoms with E-state index in [-0.39, 0.29) is 10.6 Å². The molecule has 0 spiro atoms. The van der Waals surface area contributed by atoms with Gasteiger partial charge in [-0.3, -0.25) is 4.79 Å². The summed E-state index contributed by atoms with van der Waals surface area (Å²) in [4.78, 5) is 11.3. The van der Waals surface area contributed by atoms with Crippen LogP contribution < -0.4 is 10.3 Å². The van der Waals surface area contributed by atoms with Crippen molar-refractivity contribution in [1.82, 2.24) is 9.78 Å². The molecule has 0 saturated heterocycles. The van der Waals surface area contributed by atoms with Crippen LogP contribution in [0.2, 0.25) is 5.02 Å². The van der Waals surface area contributed by atoms with Crippen LogP contribution in [0.3, 0.4) is 0 Å². The van der Waals surface area contributed by atoms with Gasteiger partial charge >= 0.3 is 0 Å². The van der Waals surface area contributed by atoms with Crippen molar-refractivity contribution >= 4 is 27.5 Å². The van der Waals surface area contributed by atoms with E-state index < -0.39 is 0 Å². The molecule has 0 saturated carbocycles. The van der Waals surface area contributed by atoms with E-state index in [9.17, 15) is 4.79 Å². The van der Waals surface area contributed by atoms with E-state index in [0.29, 0.717) is 12.4 Å². The van der Waals surface area contributed by atoms with Crippen molar-refractivity contribution in [3.63, 3.8) is 0 Å². The first-order chi connectivity index (χ1) is 6.66. The molecule has 0 bridgehead atoms. The quantitative estimate of drug-likeness (QED) is 0.622. The van der Waals surface area contributed by atoms with Crippen LogP contribution in [0.25, 0.3) is 0 Å². The maximum Gasteiger partial charge on any atom is 0.289 e. The zero-order valence-corrected chi connectivity index (χ0v) is 10.0. The largest absolute Gasteiger partial charge is 0.490 e. The Morgan fingerprint density at radius 1 is 1.71 bits per heavy atom. The molecule has 0 aliphatic rings. The average molecular weight is 282 g/mol. The molecule has 0 aliphatic carbocycles. The Hall–Kier alpha value is -0.550. The highest BCUT2D eigenvalue weighted by molar-refractivity contribution is 9.09. The highest BCUT2D eigenvalue weighted by Crippen LogP contribution is 2.17. The lowest BCUT2D eigenvalue weighted by atomic mass is 10.5. The van der Waals surface area contributed by atoms with Crippen molar-refractivity contribution in [1.29, 1.82) is 0 Å². The number of hydrogen-bond acceptors (Lipinski definition) is 3. The fraction of sp³-hybridized carbons (Fsp3) is 0.500. The van der Waals surface area contributed by atoms with Gasteiger partial charge in [0, 0.05) is 12.4 Å². The third-order valence-corrected chi connectivity index (χ3v) is 2.49. The summed E-state index contributed by atoms with van der Waals surface area (Å²) in [5.41, 5.74) is -0.344. The van der Waals surface area contributed by atoms with Crippen molar-refractivity contribution in [3.8, 4) is 5.75 Å². The van der Waals surface area contributed by atoms with Gasteiger partial charge in [-0.25, -0.2) is 4.68 Å². The van der Waals surface area contributed by atoms with E-state index in [0.717, 1.165) is 11.8 Å². The SMILES string of the molecule is Cn1ncc(OCCCBr)c(Cl)c1=O. The Morgan fingerprint density at radius 2 is 2.43 bits per heavy atom. The molecule has 1 rings (SSSR count). The lowest BCUT2D eigenvalue weighted by molar-refractivity contribution is 0.315. The first kappa shape index (κ1) is 11.5. The highest BCUT2D eigenvalue weighted by atomic mass is 79.9. The molecule has 1 heterocycles. The summed E-state index contributed by atoms with van der Waals surface area (Å²) in [7, 11) is 1.54. The topological polar surface area (TPSA) is 44.1 Å². The fourth-order valence-corrected chi connectivity index (χ4v) is 1.29. The minimum Gasteiger partial charge on any atom is -0.490 e. The van der Waals surface area contributed by atoms with E-state index in [1.54, 1.807) is 0 Å². The van der Waals surface area contributed by atoms with Crippen molar-refractivity contribution in [2.45, 2.75) is 6.42 Å². The van der Waals surface area contributed by atoms with Crippen LogP contribution in [0.4, 0.5) is 0 Å². The van der Waals surface area contributed by atoms with E-state index in [2.05, 4.69) is 21.0 Å². The van der Waals surface area contributed by atoms with Gasteiger partial charge in [-0.05, 0) is 6.42 Å². The summed E-state index contributed by atoms with van der Waals surface area (Å²) in [5, 5.41) is 4.73. The molecule has 78 valence electrons. The number of aryl methyl sites for hydroxylation is 1. The minimum atomic E-state index is -0.344. The van der Waals surface area contributed by atoms with Crippen molar-refractivity contribution in [2.24, 2.45) is 7.05 Å². The number of nitrogens with zero attached hydrogens (tertiary/aromatic N) is 2.